The quantitative estimate of drug-likeness (QED) is 0.825. The summed E-state index contributed by atoms with van der Waals surface area (Å²) in [5.41, 5.74) is 3.36. The highest BCUT2D eigenvalue weighted by Crippen LogP contribution is 2.20. The summed E-state index contributed by atoms with van der Waals surface area (Å²) in [7, 11) is 1.68. The van der Waals surface area contributed by atoms with E-state index in [1.807, 2.05) is 37.3 Å². The average molecular weight is 300 g/mol. The lowest BCUT2D eigenvalue weighted by molar-refractivity contribution is 0.179. The highest BCUT2D eigenvalue weighted by atomic mass is 32.1. The van der Waals surface area contributed by atoms with Gasteiger partial charge in [-0.25, -0.2) is 0 Å². The van der Waals surface area contributed by atoms with E-state index in [1.165, 1.54) is 11.1 Å². The first-order valence-electron chi connectivity index (χ1n) is 6.91. The molecule has 2 aromatic carbocycles. The summed E-state index contributed by atoms with van der Waals surface area (Å²) in [4.78, 5) is 0. The predicted molar refractivity (Wildman–Crippen MR) is 92.6 cm³/mol. The van der Waals surface area contributed by atoms with Crippen LogP contribution in [0.1, 0.15) is 6.92 Å². The topological polar surface area (TPSA) is 33.3 Å². The molecule has 21 heavy (non-hydrogen) atoms. The molecule has 0 aliphatic rings. The maximum atomic E-state index is 5.27. The first-order chi connectivity index (χ1) is 10.2. The number of methoxy groups -OCH3 is 1. The van der Waals surface area contributed by atoms with E-state index in [0.29, 0.717) is 11.7 Å². The Kier molecular flexibility index (Phi) is 5.72. The first kappa shape index (κ1) is 15.5. The Hall–Kier alpha value is -1.91. The Morgan fingerprint density at radius 3 is 2.29 bits per heavy atom. The summed E-state index contributed by atoms with van der Waals surface area (Å²) in [6.07, 6.45) is 0. The third kappa shape index (κ3) is 4.85. The second-order valence-corrected chi connectivity index (χ2v) is 5.31. The van der Waals surface area contributed by atoms with E-state index in [1.54, 1.807) is 7.11 Å². The Morgan fingerprint density at radius 2 is 1.67 bits per heavy atom. The summed E-state index contributed by atoms with van der Waals surface area (Å²) < 4.78 is 5.07. The van der Waals surface area contributed by atoms with E-state index in [9.17, 15) is 0 Å². The molecule has 0 amide bonds. The minimum atomic E-state index is 0.179. The first-order valence-corrected chi connectivity index (χ1v) is 7.32. The van der Waals surface area contributed by atoms with Crippen LogP contribution in [0.3, 0.4) is 0 Å². The van der Waals surface area contributed by atoms with Gasteiger partial charge in [0, 0.05) is 18.8 Å². The number of rotatable bonds is 5. The van der Waals surface area contributed by atoms with Gasteiger partial charge in [-0.3, -0.25) is 0 Å². The van der Waals surface area contributed by atoms with Gasteiger partial charge < -0.3 is 15.4 Å². The maximum Gasteiger partial charge on any atom is 0.171 e. The van der Waals surface area contributed by atoms with Crippen LogP contribution in [0.4, 0.5) is 5.69 Å². The number of hydrogen-bond acceptors (Lipinski definition) is 2. The van der Waals surface area contributed by atoms with Gasteiger partial charge in [-0.05, 0) is 42.4 Å². The molecule has 0 fully saturated rings. The Balaban J connectivity index is 1.95. The third-order valence-electron chi connectivity index (χ3n) is 3.04. The van der Waals surface area contributed by atoms with Crippen molar-refractivity contribution in [3.05, 3.63) is 54.6 Å². The predicted octanol–water partition coefficient (Wildman–Crippen LogP) is 3.67. The SMILES string of the molecule is COCC(C)NC(=S)Nc1ccc(-c2ccccc2)cc1. The summed E-state index contributed by atoms with van der Waals surface area (Å²) >= 11 is 5.27. The molecule has 2 aromatic rings. The van der Waals surface area contributed by atoms with Gasteiger partial charge in [-0.15, -0.1) is 0 Å². The molecule has 0 spiro atoms. The molecule has 4 heteroatoms. The van der Waals surface area contributed by atoms with Crippen molar-refractivity contribution in [2.45, 2.75) is 13.0 Å². The second kappa shape index (κ2) is 7.76. The summed E-state index contributed by atoms with van der Waals surface area (Å²) in [5.74, 6) is 0. The molecular formula is C17H20N2OS. The molecule has 110 valence electrons. The highest BCUT2D eigenvalue weighted by molar-refractivity contribution is 7.80. The standard InChI is InChI=1S/C17H20N2OS/c1-13(12-20-2)18-17(21)19-16-10-8-15(9-11-16)14-6-4-3-5-7-14/h3-11,13H,12H2,1-2H3,(H2,18,19,21). The van der Waals surface area contributed by atoms with Gasteiger partial charge in [0.2, 0.25) is 0 Å². The second-order valence-electron chi connectivity index (χ2n) is 4.90. The van der Waals surface area contributed by atoms with Crippen molar-refractivity contribution in [2.24, 2.45) is 0 Å². The van der Waals surface area contributed by atoms with Crippen molar-refractivity contribution >= 4 is 23.0 Å². The molecule has 3 nitrogen and oxygen atoms in total. The Bertz CT molecular complexity index is 569. The van der Waals surface area contributed by atoms with Crippen molar-refractivity contribution < 1.29 is 4.74 Å². The van der Waals surface area contributed by atoms with Crippen molar-refractivity contribution in [1.29, 1.82) is 0 Å². The van der Waals surface area contributed by atoms with Crippen molar-refractivity contribution in [1.82, 2.24) is 5.32 Å². The Labute approximate surface area is 131 Å². The summed E-state index contributed by atoms with van der Waals surface area (Å²) in [6.45, 7) is 2.64. The molecule has 0 bridgehead atoms. The lowest BCUT2D eigenvalue weighted by Crippen LogP contribution is -2.38. The zero-order valence-corrected chi connectivity index (χ0v) is 13.1. The molecular weight excluding hydrogens is 280 g/mol. The minimum Gasteiger partial charge on any atom is -0.383 e. The Morgan fingerprint density at radius 1 is 1.05 bits per heavy atom. The molecule has 2 rings (SSSR count). The molecule has 0 saturated carbocycles. The molecule has 2 N–H and O–H groups in total. The normalized spacial score (nSPS) is 11.7. The van der Waals surface area contributed by atoms with Crippen LogP contribution in [0.15, 0.2) is 54.6 Å². The van der Waals surface area contributed by atoms with Gasteiger partial charge in [0.05, 0.1) is 6.61 Å². The summed E-state index contributed by atoms with van der Waals surface area (Å²) in [6, 6.07) is 18.7. The van der Waals surface area contributed by atoms with Gasteiger partial charge in [-0.2, -0.15) is 0 Å². The minimum absolute atomic E-state index is 0.179. The zero-order valence-electron chi connectivity index (χ0n) is 12.3. The van der Waals surface area contributed by atoms with Gasteiger partial charge in [0.25, 0.3) is 0 Å². The fraction of sp³-hybridized carbons (Fsp3) is 0.235. The molecule has 0 radical (unpaired) electrons. The van der Waals surface area contributed by atoms with Crippen LogP contribution in [0.2, 0.25) is 0 Å². The fourth-order valence-electron chi connectivity index (χ4n) is 2.06. The van der Waals surface area contributed by atoms with Gasteiger partial charge in [0.15, 0.2) is 5.11 Å². The molecule has 0 aliphatic heterocycles. The smallest absolute Gasteiger partial charge is 0.171 e. The largest absolute Gasteiger partial charge is 0.383 e. The number of thiocarbonyl (C=S) groups is 1. The van der Waals surface area contributed by atoms with Crippen LogP contribution < -0.4 is 10.6 Å². The monoisotopic (exact) mass is 300 g/mol. The highest BCUT2D eigenvalue weighted by Gasteiger charge is 2.04. The van der Waals surface area contributed by atoms with E-state index >= 15 is 0 Å². The lowest BCUT2D eigenvalue weighted by Gasteiger charge is -2.16. The fourth-order valence-corrected chi connectivity index (χ4v) is 2.38. The number of anilines is 1. The van der Waals surface area contributed by atoms with Crippen molar-refractivity contribution in [2.75, 3.05) is 19.0 Å². The van der Waals surface area contributed by atoms with Gasteiger partial charge >= 0.3 is 0 Å². The van der Waals surface area contributed by atoms with E-state index in [4.69, 9.17) is 17.0 Å². The average Bonchev–Trinajstić information content (AvgIpc) is 2.49. The number of nitrogens with one attached hydrogen (secondary N) is 2. The van der Waals surface area contributed by atoms with E-state index in [-0.39, 0.29) is 6.04 Å². The van der Waals surface area contributed by atoms with Crippen LogP contribution in [0, 0.1) is 0 Å². The molecule has 1 atom stereocenters. The number of ether oxygens (including phenoxy) is 1. The van der Waals surface area contributed by atoms with Crippen LogP contribution in [0.5, 0.6) is 0 Å². The zero-order chi connectivity index (χ0) is 15.1. The van der Waals surface area contributed by atoms with Gasteiger partial charge in [0.1, 0.15) is 0 Å². The van der Waals surface area contributed by atoms with Crippen LogP contribution in [-0.4, -0.2) is 24.9 Å². The van der Waals surface area contributed by atoms with E-state index < -0.39 is 0 Å². The third-order valence-corrected chi connectivity index (χ3v) is 3.26. The van der Waals surface area contributed by atoms with Crippen LogP contribution >= 0.6 is 12.2 Å². The number of benzene rings is 2. The van der Waals surface area contributed by atoms with E-state index in [2.05, 4.69) is 34.9 Å². The van der Waals surface area contributed by atoms with Crippen LogP contribution in [0.25, 0.3) is 11.1 Å². The molecule has 0 aliphatic carbocycles. The van der Waals surface area contributed by atoms with Crippen molar-refractivity contribution in [3.63, 3.8) is 0 Å². The van der Waals surface area contributed by atoms with Crippen molar-refractivity contribution in [3.8, 4) is 11.1 Å². The lowest BCUT2D eigenvalue weighted by atomic mass is 10.1. The van der Waals surface area contributed by atoms with E-state index in [0.717, 1.165) is 5.69 Å². The maximum absolute atomic E-state index is 5.27. The molecule has 0 aromatic heterocycles. The van der Waals surface area contributed by atoms with Gasteiger partial charge in [-0.1, -0.05) is 42.5 Å². The summed E-state index contributed by atoms with van der Waals surface area (Å²) in [5, 5.41) is 6.95. The number of hydrogen-bond donors (Lipinski definition) is 2. The van der Waals surface area contributed by atoms with Crippen LogP contribution in [-0.2, 0) is 4.74 Å². The molecule has 1 unspecified atom stereocenters. The molecule has 0 saturated heterocycles. The molecule has 0 heterocycles.